The molecule has 1 aliphatic heterocycles. The highest BCUT2D eigenvalue weighted by Gasteiger charge is 2.16. The number of hydrogen-bond donors (Lipinski definition) is 1. The summed E-state index contributed by atoms with van der Waals surface area (Å²) in [5.41, 5.74) is 2.24. The van der Waals surface area contributed by atoms with Crippen LogP contribution in [-0.2, 0) is 9.53 Å². The molecule has 0 amide bonds. The molecule has 1 unspecified atom stereocenters. The van der Waals surface area contributed by atoms with Crippen LogP contribution in [-0.4, -0.2) is 12.5 Å². The molecule has 4 nitrogen and oxygen atoms in total. The lowest BCUT2D eigenvalue weighted by molar-refractivity contribution is -0.115. The SMILES string of the molecule is N#Cc1ccc(C2=COC(C=O)N2)cc1. The highest BCUT2D eigenvalue weighted by molar-refractivity contribution is 5.70. The molecule has 0 spiro atoms. The zero-order valence-electron chi connectivity index (χ0n) is 7.81. The number of hydrogen-bond acceptors (Lipinski definition) is 4. The number of benzene rings is 1. The molecule has 1 heterocycles. The average Bonchev–Trinajstić information content (AvgIpc) is 2.78. The first-order chi connectivity index (χ1) is 7.33. The summed E-state index contributed by atoms with van der Waals surface area (Å²) in [6.07, 6.45) is 1.59. The van der Waals surface area contributed by atoms with Crippen molar-refractivity contribution in [2.24, 2.45) is 0 Å². The van der Waals surface area contributed by atoms with Crippen LogP contribution < -0.4 is 5.32 Å². The molecule has 0 fully saturated rings. The zero-order chi connectivity index (χ0) is 10.7. The van der Waals surface area contributed by atoms with Crippen molar-refractivity contribution in [2.45, 2.75) is 6.23 Å². The number of nitrogens with zero attached hydrogens (tertiary/aromatic N) is 1. The monoisotopic (exact) mass is 200 g/mol. The van der Waals surface area contributed by atoms with Crippen molar-refractivity contribution in [3.05, 3.63) is 41.7 Å². The molecule has 0 radical (unpaired) electrons. The Balaban J connectivity index is 2.18. The number of nitriles is 1. The van der Waals surface area contributed by atoms with Gasteiger partial charge in [-0.15, -0.1) is 0 Å². The van der Waals surface area contributed by atoms with Crippen LogP contribution in [0.4, 0.5) is 0 Å². The van der Waals surface area contributed by atoms with Gasteiger partial charge in [0.1, 0.15) is 6.26 Å². The standard InChI is InChI=1S/C11H8N2O2/c12-5-8-1-3-9(4-2-8)10-7-15-11(6-14)13-10/h1-4,6-7,11,13H. The summed E-state index contributed by atoms with van der Waals surface area (Å²) in [6, 6.07) is 9.07. The summed E-state index contributed by atoms with van der Waals surface area (Å²) in [4.78, 5) is 10.4. The van der Waals surface area contributed by atoms with Crippen molar-refractivity contribution in [3.8, 4) is 6.07 Å². The molecule has 0 saturated heterocycles. The van der Waals surface area contributed by atoms with Crippen molar-refractivity contribution in [3.63, 3.8) is 0 Å². The third-order valence-corrected chi connectivity index (χ3v) is 2.08. The molecule has 4 heteroatoms. The maximum Gasteiger partial charge on any atom is 0.225 e. The minimum atomic E-state index is -0.601. The van der Waals surface area contributed by atoms with Gasteiger partial charge in [-0.1, -0.05) is 12.1 Å². The van der Waals surface area contributed by atoms with Crippen LogP contribution in [0.2, 0.25) is 0 Å². The lowest BCUT2D eigenvalue weighted by Crippen LogP contribution is -2.24. The third-order valence-electron chi connectivity index (χ3n) is 2.08. The van der Waals surface area contributed by atoms with E-state index in [0.29, 0.717) is 11.8 Å². The van der Waals surface area contributed by atoms with Gasteiger partial charge in [-0.05, 0) is 12.1 Å². The Labute approximate surface area is 86.8 Å². The van der Waals surface area contributed by atoms with Gasteiger partial charge >= 0.3 is 0 Å². The fraction of sp³-hybridized carbons (Fsp3) is 0.0909. The van der Waals surface area contributed by atoms with E-state index in [-0.39, 0.29) is 0 Å². The largest absolute Gasteiger partial charge is 0.469 e. The van der Waals surface area contributed by atoms with Crippen molar-refractivity contribution in [1.82, 2.24) is 5.32 Å². The smallest absolute Gasteiger partial charge is 0.225 e. The van der Waals surface area contributed by atoms with E-state index >= 15 is 0 Å². The Bertz CT molecular complexity index is 443. The van der Waals surface area contributed by atoms with Gasteiger partial charge in [-0.2, -0.15) is 5.26 Å². The number of ether oxygens (including phenoxy) is 1. The second-order valence-corrected chi connectivity index (χ2v) is 3.06. The van der Waals surface area contributed by atoms with Crippen LogP contribution in [0.25, 0.3) is 5.70 Å². The van der Waals surface area contributed by atoms with E-state index in [2.05, 4.69) is 5.32 Å². The number of carbonyl (C=O) groups excluding carboxylic acids is 1. The molecular weight excluding hydrogens is 192 g/mol. The fourth-order valence-corrected chi connectivity index (χ4v) is 1.30. The van der Waals surface area contributed by atoms with Crippen LogP contribution in [0.1, 0.15) is 11.1 Å². The summed E-state index contributed by atoms with van der Waals surface area (Å²) in [5.74, 6) is 0. The van der Waals surface area contributed by atoms with E-state index in [4.69, 9.17) is 10.00 Å². The molecule has 1 atom stereocenters. The summed E-state index contributed by atoms with van der Waals surface area (Å²) in [6.45, 7) is 0. The molecule has 0 aliphatic carbocycles. The van der Waals surface area contributed by atoms with Crippen LogP contribution >= 0.6 is 0 Å². The van der Waals surface area contributed by atoms with Gasteiger partial charge in [0.05, 0.1) is 17.3 Å². The van der Waals surface area contributed by atoms with Crippen molar-refractivity contribution in [1.29, 1.82) is 5.26 Å². The third kappa shape index (κ3) is 1.81. The van der Waals surface area contributed by atoms with Crippen LogP contribution in [0.3, 0.4) is 0 Å². The number of nitrogens with one attached hydrogen (secondary N) is 1. The Kier molecular flexibility index (Phi) is 2.38. The summed E-state index contributed by atoms with van der Waals surface area (Å²) in [7, 11) is 0. The molecular formula is C11H8N2O2. The molecule has 0 saturated carbocycles. The topological polar surface area (TPSA) is 62.1 Å². The Hall–Kier alpha value is -2.28. The van der Waals surface area contributed by atoms with Crippen molar-refractivity contribution < 1.29 is 9.53 Å². The molecule has 1 N–H and O–H groups in total. The lowest BCUT2D eigenvalue weighted by atomic mass is 10.1. The molecule has 2 rings (SSSR count). The predicted molar refractivity (Wildman–Crippen MR) is 53.2 cm³/mol. The molecule has 15 heavy (non-hydrogen) atoms. The van der Waals surface area contributed by atoms with Gasteiger partial charge < -0.3 is 10.1 Å². The lowest BCUT2D eigenvalue weighted by Gasteiger charge is -2.05. The summed E-state index contributed by atoms with van der Waals surface area (Å²) >= 11 is 0. The summed E-state index contributed by atoms with van der Waals surface area (Å²) < 4.78 is 5.02. The molecule has 0 bridgehead atoms. The summed E-state index contributed by atoms with van der Waals surface area (Å²) in [5, 5.41) is 11.5. The van der Waals surface area contributed by atoms with E-state index in [1.807, 2.05) is 6.07 Å². The van der Waals surface area contributed by atoms with Crippen molar-refractivity contribution >= 4 is 12.0 Å². The maximum atomic E-state index is 10.4. The molecule has 0 aromatic heterocycles. The van der Waals surface area contributed by atoms with Crippen molar-refractivity contribution in [2.75, 3.05) is 0 Å². The first kappa shape index (κ1) is 9.28. The molecule has 74 valence electrons. The average molecular weight is 200 g/mol. The quantitative estimate of drug-likeness (QED) is 0.723. The highest BCUT2D eigenvalue weighted by Crippen LogP contribution is 2.17. The van der Waals surface area contributed by atoms with Gasteiger partial charge in [0.15, 0.2) is 6.29 Å². The van der Waals surface area contributed by atoms with Crippen LogP contribution in [0, 0.1) is 11.3 Å². The zero-order valence-corrected chi connectivity index (χ0v) is 7.81. The minimum absolute atomic E-state index is 0.601. The van der Waals surface area contributed by atoms with Gasteiger partial charge in [0, 0.05) is 5.56 Å². The molecule has 1 aliphatic rings. The number of carbonyl (C=O) groups is 1. The molecule has 1 aromatic rings. The van der Waals surface area contributed by atoms with E-state index in [0.717, 1.165) is 11.3 Å². The number of rotatable bonds is 2. The minimum Gasteiger partial charge on any atom is -0.469 e. The Morgan fingerprint density at radius 2 is 2.13 bits per heavy atom. The van der Waals surface area contributed by atoms with Crippen LogP contribution in [0.15, 0.2) is 30.5 Å². The predicted octanol–water partition coefficient (Wildman–Crippen LogP) is 1.00. The van der Waals surface area contributed by atoms with E-state index < -0.39 is 6.23 Å². The first-order valence-electron chi connectivity index (χ1n) is 4.41. The fourth-order valence-electron chi connectivity index (χ4n) is 1.30. The second kappa shape index (κ2) is 3.84. The number of aldehydes is 1. The van der Waals surface area contributed by atoms with E-state index in [1.54, 1.807) is 24.3 Å². The second-order valence-electron chi connectivity index (χ2n) is 3.06. The maximum absolute atomic E-state index is 10.4. The first-order valence-corrected chi connectivity index (χ1v) is 4.41. The van der Waals surface area contributed by atoms with Crippen LogP contribution in [0.5, 0.6) is 0 Å². The normalized spacial score (nSPS) is 18.3. The van der Waals surface area contributed by atoms with Gasteiger partial charge in [0.25, 0.3) is 0 Å². The van der Waals surface area contributed by atoms with Gasteiger partial charge in [0.2, 0.25) is 6.23 Å². The van der Waals surface area contributed by atoms with Gasteiger partial charge in [-0.3, -0.25) is 4.79 Å². The van der Waals surface area contributed by atoms with Gasteiger partial charge in [-0.25, -0.2) is 0 Å². The highest BCUT2D eigenvalue weighted by atomic mass is 16.5. The Morgan fingerprint density at radius 3 is 2.67 bits per heavy atom. The Morgan fingerprint density at radius 1 is 1.40 bits per heavy atom. The molecule has 1 aromatic carbocycles. The van der Waals surface area contributed by atoms with E-state index in [1.165, 1.54) is 6.26 Å². The van der Waals surface area contributed by atoms with E-state index in [9.17, 15) is 4.79 Å².